The lowest BCUT2D eigenvalue weighted by Crippen LogP contribution is -2.33. The lowest BCUT2D eigenvalue weighted by atomic mass is 10.3. The van der Waals surface area contributed by atoms with Crippen molar-refractivity contribution in [1.82, 2.24) is 15.5 Å². The van der Waals surface area contributed by atoms with Crippen molar-refractivity contribution < 1.29 is 9.26 Å². The lowest BCUT2D eigenvalue weighted by Gasteiger charge is -2.19. The zero-order chi connectivity index (χ0) is 13.8. The van der Waals surface area contributed by atoms with Crippen LogP contribution in [-0.2, 0) is 10.5 Å². The number of halogens is 1. The van der Waals surface area contributed by atoms with Crippen LogP contribution in [0.25, 0.3) is 0 Å². The van der Waals surface area contributed by atoms with E-state index in [1.807, 2.05) is 12.1 Å². The number of hydrogen-bond acceptors (Lipinski definition) is 6. The predicted octanol–water partition coefficient (Wildman–Crippen LogP) is 2.79. The second kappa shape index (κ2) is 6.71. The number of thioether (sulfide) groups is 1. The number of nitrogens with one attached hydrogen (secondary N) is 1. The molecule has 7 heteroatoms. The fraction of sp³-hybridized carbons (Fsp3) is 0.385. The smallest absolute Gasteiger partial charge is 0.257 e. The highest BCUT2D eigenvalue weighted by atomic mass is 79.9. The third-order valence-electron chi connectivity index (χ3n) is 2.87. The van der Waals surface area contributed by atoms with E-state index in [9.17, 15) is 0 Å². The molecule has 0 aliphatic carbocycles. The third-order valence-corrected chi connectivity index (χ3v) is 4.41. The number of hydrogen-bond donors (Lipinski definition) is 1. The summed E-state index contributed by atoms with van der Waals surface area (Å²) in [7, 11) is 0. The van der Waals surface area contributed by atoms with Crippen LogP contribution in [0.5, 0.6) is 0 Å². The number of nitrogens with zero attached hydrogens (tertiary/aromatic N) is 2. The highest BCUT2D eigenvalue weighted by Gasteiger charge is 2.22. The summed E-state index contributed by atoms with van der Waals surface area (Å²) in [5.41, 5.74) is 0. The maximum Gasteiger partial charge on any atom is 0.257 e. The number of morpholine rings is 1. The van der Waals surface area contributed by atoms with E-state index in [-0.39, 0.29) is 6.10 Å². The molecule has 2 aromatic rings. The van der Waals surface area contributed by atoms with Crippen molar-refractivity contribution in [3.05, 3.63) is 40.5 Å². The first-order valence-electron chi connectivity index (χ1n) is 6.34. The molecule has 0 spiro atoms. The van der Waals surface area contributed by atoms with Crippen molar-refractivity contribution in [2.75, 3.05) is 19.7 Å². The van der Waals surface area contributed by atoms with Gasteiger partial charge in [-0.3, -0.25) is 0 Å². The van der Waals surface area contributed by atoms with Gasteiger partial charge >= 0.3 is 0 Å². The maximum absolute atomic E-state index is 5.58. The van der Waals surface area contributed by atoms with Gasteiger partial charge in [-0.25, -0.2) is 0 Å². The highest BCUT2D eigenvalue weighted by molar-refractivity contribution is 9.10. The van der Waals surface area contributed by atoms with Crippen molar-refractivity contribution in [2.45, 2.75) is 16.8 Å². The minimum atomic E-state index is -0.123. The molecule has 1 N–H and O–H groups in total. The molecular weight excluding hydrogens is 342 g/mol. The molecular formula is C13H14BrN3O2S. The van der Waals surface area contributed by atoms with Gasteiger partial charge in [0.1, 0.15) is 6.10 Å². The molecule has 0 amide bonds. The molecule has 0 bridgehead atoms. The van der Waals surface area contributed by atoms with E-state index < -0.39 is 0 Å². The Morgan fingerprint density at radius 1 is 1.35 bits per heavy atom. The predicted molar refractivity (Wildman–Crippen MR) is 79.6 cm³/mol. The number of ether oxygens (including phenoxy) is 1. The summed E-state index contributed by atoms with van der Waals surface area (Å²) in [6, 6.07) is 8.16. The first-order valence-corrected chi connectivity index (χ1v) is 8.12. The molecule has 0 saturated carbocycles. The average molecular weight is 356 g/mol. The molecule has 1 atom stereocenters. The van der Waals surface area contributed by atoms with Gasteiger partial charge in [0.05, 0.1) is 12.4 Å². The number of aromatic nitrogens is 2. The van der Waals surface area contributed by atoms with Gasteiger partial charge in [-0.2, -0.15) is 4.98 Å². The zero-order valence-corrected chi connectivity index (χ0v) is 13.1. The number of benzene rings is 1. The van der Waals surface area contributed by atoms with Gasteiger partial charge in [-0.1, -0.05) is 21.1 Å². The third kappa shape index (κ3) is 3.60. The van der Waals surface area contributed by atoms with Crippen molar-refractivity contribution in [3.8, 4) is 0 Å². The van der Waals surface area contributed by atoms with Gasteiger partial charge < -0.3 is 14.6 Å². The first-order chi connectivity index (χ1) is 9.81. The van der Waals surface area contributed by atoms with E-state index >= 15 is 0 Å². The van der Waals surface area contributed by atoms with E-state index in [1.54, 1.807) is 11.8 Å². The number of rotatable bonds is 4. The van der Waals surface area contributed by atoms with Crippen LogP contribution in [0.1, 0.15) is 17.8 Å². The van der Waals surface area contributed by atoms with Crippen LogP contribution in [0.3, 0.4) is 0 Å². The van der Waals surface area contributed by atoms with Gasteiger partial charge in [-0.05, 0) is 24.3 Å². The molecule has 0 radical (unpaired) electrons. The van der Waals surface area contributed by atoms with Gasteiger partial charge in [0.15, 0.2) is 5.82 Å². The fourth-order valence-electron chi connectivity index (χ4n) is 1.86. The van der Waals surface area contributed by atoms with E-state index in [0.717, 1.165) is 17.6 Å². The van der Waals surface area contributed by atoms with E-state index in [2.05, 4.69) is 43.5 Å². The Balaban J connectivity index is 1.58. The van der Waals surface area contributed by atoms with Crippen molar-refractivity contribution in [1.29, 1.82) is 0 Å². The molecule has 1 fully saturated rings. The molecule has 1 aromatic heterocycles. The quantitative estimate of drug-likeness (QED) is 0.851. The molecule has 2 heterocycles. The molecule has 20 heavy (non-hydrogen) atoms. The van der Waals surface area contributed by atoms with Gasteiger partial charge in [-0.15, -0.1) is 11.8 Å². The van der Waals surface area contributed by atoms with Crippen molar-refractivity contribution >= 4 is 27.7 Å². The summed E-state index contributed by atoms with van der Waals surface area (Å²) in [6.45, 7) is 2.27. The fourth-order valence-corrected chi connectivity index (χ4v) is 2.87. The van der Waals surface area contributed by atoms with E-state index in [1.165, 1.54) is 4.90 Å². The van der Waals surface area contributed by atoms with Crippen LogP contribution in [-0.4, -0.2) is 29.8 Å². The minimum absolute atomic E-state index is 0.123. The Bertz CT molecular complexity index is 555. The summed E-state index contributed by atoms with van der Waals surface area (Å²) in [5, 5.41) is 7.24. The molecule has 1 aliphatic rings. The zero-order valence-electron chi connectivity index (χ0n) is 10.7. The maximum atomic E-state index is 5.58. The molecule has 5 nitrogen and oxygen atoms in total. The SMILES string of the molecule is Brc1ccc(SCc2noc(C3CNCCO3)n2)cc1. The molecule has 1 unspecified atom stereocenters. The summed E-state index contributed by atoms with van der Waals surface area (Å²) < 4.78 is 11.9. The normalized spacial score (nSPS) is 19.1. The second-order valence-electron chi connectivity index (χ2n) is 4.35. The molecule has 1 saturated heterocycles. The summed E-state index contributed by atoms with van der Waals surface area (Å²) in [4.78, 5) is 5.57. The Kier molecular flexibility index (Phi) is 4.72. The monoisotopic (exact) mass is 355 g/mol. The van der Waals surface area contributed by atoms with Gasteiger partial charge in [0.25, 0.3) is 5.89 Å². The largest absolute Gasteiger partial charge is 0.366 e. The van der Waals surface area contributed by atoms with E-state index in [4.69, 9.17) is 9.26 Å². The van der Waals surface area contributed by atoms with Crippen LogP contribution < -0.4 is 5.32 Å². The van der Waals surface area contributed by atoms with Crippen LogP contribution in [0, 0.1) is 0 Å². The second-order valence-corrected chi connectivity index (χ2v) is 6.32. The first kappa shape index (κ1) is 14.1. The standard InChI is InChI=1S/C13H14BrN3O2S/c14-9-1-3-10(4-2-9)20-8-12-16-13(19-17-12)11-7-15-5-6-18-11/h1-4,11,15H,5-8H2. The lowest BCUT2D eigenvalue weighted by molar-refractivity contribution is 0.00755. The topological polar surface area (TPSA) is 60.2 Å². The summed E-state index contributed by atoms with van der Waals surface area (Å²) in [5.74, 6) is 1.94. The van der Waals surface area contributed by atoms with Crippen LogP contribution in [0.15, 0.2) is 38.2 Å². The Morgan fingerprint density at radius 3 is 2.95 bits per heavy atom. The molecule has 106 valence electrons. The molecule has 3 rings (SSSR count). The van der Waals surface area contributed by atoms with Gasteiger partial charge in [0, 0.05) is 22.5 Å². The Labute approximate surface area is 129 Å². The van der Waals surface area contributed by atoms with Crippen LogP contribution >= 0.6 is 27.7 Å². The van der Waals surface area contributed by atoms with Gasteiger partial charge in [0.2, 0.25) is 0 Å². The Morgan fingerprint density at radius 2 is 2.20 bits per heavy atom. The highest BCUT2D eigenvalue weighted by Crippen LogP contribution is 2.24. The van der Waals surface area contributed by atoms with Crippen LogP contribution in [0.2, 0.25) is 0 Å². The van der Waals surface area contributed by atoms with Crippen molar-refractivity contribution in [3.63, 3.8) is 0 Å². The Hall–Kier alpha value is -0.890. The average Bonchev–Trinajstić information content (AvgIpc) is 2.97. The summed E-state index contributed by atoms with van der Waals surface area (Å²) >= 11 is 5.10. The van der Waals surface area contributed by atoms with Crippen molar-refractivity contribution in [2.24, 2.45) is 0 Å². The molecule has 1 aromatic carbocycles. The molecule has 1 aliphatic heterocycles. The van der Waals surface area contributed by atoms with E-state index in [0.29, 0.717) is 24.1 Å². The van der Waals surface area contributed by atoms with Crippen LogP contribution in [0.4, 0.5) is 0 Å². The minimum Gasteiger partial charge on any atom is -0.366 e. The summed E-state index contributed by atoms with van der Waals surface area (Å²) in [6.07, 6.45) is -0.123.